The molecular weight excluding hydrogens is 537 g/mol. The lowest BCUT2D eigenvalue weighted by atomic mass is 10.0. The summed E-state index contributed by atoms with van der Waals surface area (Å²) in [4.78, 5) is 28.3. The van der Waals surface area contributed by atoms with E-state index in [1.165, 1.54) is 39.3 Å². The first-order chi connectivity index (χ1) is 17.3. The van der Waals surface area contributed by atoms with E-state index in [9.17, 15) is 31.2 Å². The second-order valence-electron chi connectivity index (χ2n) is 7.58. The smallest absolute Gasteiger partial charge is 0.416 e. The number of nitrogens with zero attached hydrogens (tertiary/aromatic N) is 1. The van der Waals surface area contributed by atoms with Crippen molar-refractivity contribution in [3.8, 4) is 5.75 Å². The van der Waals surface area contributed by atoms with E-state index in [1.807, 2.05) is 0 Å². The van der Waals surface area contributed by atoms with E-state index in [2.05, 4.69) is 20.3 Å². The molecular formula is C23H20ClF3N4O5S. The quantitative estimate of drug-likeness (QED) is 0.357. The minimum Gasteiger partial charge on any atom is -0.496 e. The Hall–Kier alpha value is -3.84. The highest BCUT2D eigenvalue weighted by atomic mass is 35.5. The molecule has 3 rings (SSSR count). The molecule has 1 heterocycles. The van der Waals surface area contributed by atoms with E-state index < -0.39 is 44.2 Å². The minimum atomic E-state index is -4.78. The van der Waals surface area contributed by atoms with Crippen molar-refractivity contribution in [3.63, 3.8) is 0 Å². The van der Waals surface area contributed by atoms with E-state index >= 15 is 0 Å². The van der Waals surface area contributed by atoms with Crippen LogP contribution in [0.5, 0.6) is 5.75 Å². The molecule has 0 spiro atoms. The van der Waals surface area contributed by atoms with Gasteiger partial charge in [0.25, 0.3) is 10.0 Å². The number of nitrogens with one attached hydrogen (secondary N) is 3. The highest BCUT2D eigenvalue weighted by Crippen LogP contribution is 2.34. The molecule has 2 amide bonds. The summed E-state index contributed by atoms with van der Waals surface area (Å²) in [5, 5.41) is 4.80. The molecule has 3 N–H and O–H groups in total. The number of ketones is 1. The molecule has 0 aliphatic rings. The van der Waals surface area contributed by atoms with Crippen molar-refractivity contribution < 1.29 is 35.9 Å². The van der Waals surface area contributed by atoms with Crippen LogP contribution in [-0.2, 0) is 16.2 Å². The third kappa shape index (κ3) is 6.30. The van der Waals surface area contributed by atoms with E-state index in [-0.39, 0.29) is 33.3 Å². The molecule has 9 nitrogen and oxygen atoms in total. The summed E-state index contributed by atoms with van der Waals surface area (Å²) < 4.78 is 73.3. The predicted octanol–water partition coefficient (Wildman–Crippen LogP) is 4.85. The van der Waals surface area contributed by atoms with Gasteiger partial charge in [0.1, 0.15) is 11.4 Å². The van der Waals surface area contributed by atoms with Crippen molar-refractivity contribution in [1.29, 1.82) is 0 Å². The number of halogens is 4. The number of amides is 2. The molecule has 0 bridgehead atoms. The van der Waals surface area contributed by atoms with Crippen LogP contribution in [-0.4, -0.2) is 39.4 Å². The molecule has 14 heteroatoms. The zero-order valence-corrected chi connectivity index (χ0v) is 21.1. The van der Waals surface area contributed by atoms with Crippen LogP contribution in [0.2, 0.25) is 5.02 Å². The summed E-state index contributed by atoms with van der Waals surface area (Å²) in [5.74, 6) is -0.724. The largest absolute Gasteiger partial charge is 0.496 e. The lowest BCUT2D eigenvalue weighted by Gasteiger charge is -2.16. The normalized spacial score (nSPS) is 11.5. The second-order valence-corrected chi connectivity index (χ2v) is 9.70. The zero-order chi connectivity index (χ0) is 27.5. The maximum atomic E-state index is 13.4. The molecule has 0 atom stereocenters. The first-order valence-electron chi connectivity index (χ1n) is 10.3. The van der Waals surface area contributed by atoms with Crippen molar-refractivity contribution in [2.45, 2.75) is 18.0 Å². The fourth-order valence-electron chi connectivity index (χ4n) is 3.26. The Kier molecular flexibility index (Phi) is 7.98. The number of benzene rings is 2. The molecule has 0 fully saturated rings. The molecule has 37 heavy (non-hydrogen) atoms. The number of carbonyl (C=O) groups is 2. The second kappa shape index (κ2) is 10.6. The van der Waals surface area contributed by atoms with Crippen molar-refractivity contribution in [2.75, 3.05) is 24.2 Å². The van der Waals surface area contributed by atoms with Crippen molar-refractivity contribution >= 4 is 44.8 Å². The molecule has 0 unspecified atom stereocenters. The Labute approximate surface area is 215 Å². The maximum absolute atomic E-state index is 13.4. The fraction of sp³-hybridized carbons (Fsp3) is 0.174. The lowest BCUT2D eigenvalue weighted by Crippen LogP contribution is -2.24. The van der Waals surface area contributed by atoms with Crippen LogP contribution in [0.1, 0.15) is 27.2 Å². The summed E-state index contributed by atoms with van der Waals surface area (Å²) in [6, 6.07) is 7.23. The Morgan fingerprint density at radius 3 is 2.41 bits per heavy atom. The predicted molar refractivity (Wildman–Crippen MR) is 131 cm³/mol. The van der Waals surface area contributed by atoms with Crippen LogP contribution >= 0.6 is 11.6 Å². The number of hydrogen-bond donors (Lipinski definition) is 3. The van der Waals surface area contributed by atoms with Gasteiger partial charge in [-0.25, -0.2) is 18.2 Å². The number of aromatic nitrogens is 1. The van der Waals surface area contributed by atoms with Crippen LogP contribution in [0.25, 0.3) is 0 Å². The number of hydrogen-bond acceptors (Lipinski definition) is 6. The maximum Gasteiger partial charge on any atom is 0.416 e. The molecule has 0 radical (unpaired) electrons. The van der Waals surface area contributed by atoms with Crippen LogP contribution in [0, 0.1) is 6.92 Å². The van der Waals surface area contributed by atoms with Crippen LogP contribution in [0.3, 0.4) is 0 Å². The van der Waals surface area contributed by atoms with Crippen molar-refractivity contribution in [1.82, 2.24) is 10.3 Å². The van der Waals surface area contributed by atoms with Gasteiger partial charge in [0.15, 0.2) is 0 Å². The number of urea groups is 1. The fourth-order valence-corrected chi connectivity index (χ4v) is 4.50. The number of alkyl halides is 3. The third-order valence-electron chi connectivity index (χ3n) is 5.07. The van der Waals surface area contributed by atoms with Gasteiger partial charge in [0, 0.05) is 18.9 Å². The van der Waals surface area contributed by atoms with Gasteiger partial charge in [-0.3, -0.25) is 9.52 Å². The molecule has 3 aromatic rings. The van der Waals surface area contributed by atoms with Gasteiger partial charge in [-0.2, -0.15) is 13.2 Å². The Morgan fingerprint density at radius 2 is 1.78 bits per heavy atom. The number of anilines is 2. The molecule has 2 aromatic carbocycles. The summed E-state index contributed by atoms with van der Waals surface area (Å²) in [7, 11) is -1.91. The van der Waals surface area contributed by atoms with Crippen LogP contribution in [0.15, 0.2) is 53.6 Å². The molecule has 0 saturated heterocycles. The number of carbonyl (C=O) groups excluding carboxylic acids is 2. The van der Waals surface area contributed by atoms with Gasteiger partial charge in [-0.05, 0) is 48.9 Å². The monoisotopic (exact) mass is 556 g/mol. The van der Waals surface area contributed by atoms with Gasteiger partial charge in [0.05, 0.1) is 33.8 Å². The number of methoxy groups -OCH3 is 1. The summed E-state index contributed by atoms with van der Waals surface area (Å²) in [6.07, 6.45) is -3.68. The highest BCUT2D eigenvalue weighted by molar-refractivity contribution is 7.92. The number of sulfonamides is 1. The first kappa shape index (κ1) is 27.7. The van der Waals surface area contributed by atoms with Crippen LogP contribution < -0.4 is 20.1 Å². The summed E-state index contributed by atoms with van der Waals surface area (Å²) in [5.41, 5.74) is -1.93. The van der Waals surface area contributed by atoms with Gasteiger partial charge in [-0.15, -0.1) is 0 Å². The Bertz CT molecular complexity index is 1480. The van der Waals surface area contributed by atoms with Crippen molar-refractivity contribution in [2.24, 2.45) is 0 Å². The van der Waals surface area contributed by atoms with Gasteiger partial charge >= 0.3 is 12.2 Å². The molecule has 0 aliphatic heterocycles. The summed E-state index contributed by atoms with van der Waals surface area (Å²) in [6.45, 7) is 1.20. The topological polar surface area (TPSA) is 126 Å². The van der Waals surface area contributed by atoms with Crippen LogP contribution in [0.4, 0.5) is 29.3 Å². The molecule has 196 valence electrons. The molecule has 1 aromatic heterocycles. The number of aryl methyl sites for hydroxylation is 1. The SMILES string of the molecule is CNC(=O)Nc1ccc(OC)c(C(=O)c2ncc(Cl)cc2NS(=O)(=O)c2ccc(C)c(C(F)(F)F)c2)c1. The number of pyridine rings is 1. The van der Waals surface area contributed by atoms with Gasteiger partial charge in [-0.1, -0.05) is 17.7 Å². The van der Waals surface area contributed by atoms with Gasteiger partial charge in [0.2, 0.25) is 5.78 Å². The standard InChI is InChI=1S/C23H20ClF3N4O5S/c1-12-4-6-15(10-17(12)23(25,26)27)37(34,35)31-18-8-13(24)11-29-20(18)21(32)16-9-14(30-22(33)28-2)5-7-19(16)36-3/h4-11,31H,1-3H3,(H2,28,30,33). The van der Waals surface area contributed by atoms with E-state index in [0.29, 0.717) is 6.07 Å². The van der Waals surface area contributed by atoms with E-state index in [4.69, 9.17) is 16.3 Å². The average molecular weight is 557 g/mol. The molecule has 0 saturated carbocycles. The Morgan fingerprint density at radius 1 is 1.08 bits per heavy atom. The zero-order valence-electron chi connectivity index (χ0n) is 19.5. The number of ether oxygens (including phenoxy) is 1. The van der Waals surface area contributed by atoms with Crippen molar-refractivity contribution in [3.05, 3.63) is 76.1 Å². The van der Waals surface area contributed by atoms with E-state index in [0.717, 1.165) is 24.4 Å². The highest BCUT2D eigenvalue weighted by Gasteiger charge is 2.34. The molecule has 0 aliphatic carbocycles. The Balaban J connectivity index is 2.07. The number of rotatable bonds is 7. The van der Waals surface area contributed by atoms with Gasteiger partial charge < -0.3 is 15.4 Å². The first-order valence-corrected chi connectivity index (χ1v) is 12.2. The average Bonchev–Trinajstić information content (AvgIpc) is 2.82. The van der Waals surface area contributed by atoms with E-state index in [1.54, 1.807) is 0 Å². The third-order valence-corrected chi connectivity index (χ3v) is 6.64. The summed E-state index contributed by atoms with van der Waals surface area (Å²) >= 11 is 5.97. The lowest BCUT2D eigenvalue weighted by molar-refractivity contribution is -0.138. The minimum absolute atomic E-state index is 0.0452.